The van der Waals surface area contributed by atoms with Crippen LogP contribution in [0.5, 0.6) is 0 Å². The van der Waals surface area contributed by atoms with E-state index in [2.05, 4.69) is 0 Å². The van der Waals surface area contributed by atoms with Gasteiger partial charge in [-0.3, -0.25) is 4.79 Å². The number of aromatic nitrogens is 1. The highest BCUT2D eigenvalue weighted by atomic mass is 16.1. The van der Waals surface area contributed by atoms with Gasteiger partial charge < -0.3 is 10.3 Å². The predicted molar refractivity (Wildman–Crippen MR) is 56.2 cm³/mol. The summed E-state index contributed by atoms with van der Waals surface area (Å²) in [5.74, 6) is 0. The first-order valence-electron chi connectivity index (χ1n) is 5.04. The normalized spacial score (nSPS) is 18.6. The van der Waals surface area contributed by atoms with Crippen molar-refractivity contribution in [1.82, 2.24) is 4.57 Å². The standard InChI is InChI=1S/C11H16N2O/c1-8(2)13-6-3-9(7-10(13)14)11(12)4-5-11/h3,6-8H,4-5,12H2,1-2H3. The molecule has 0 aliphatic heterocycles. The Morgan fingerprint density at radius 3 is 2.57 bits per heavy atom. The van der Waals surface area contributed by atoms with Crippen molar-refractivity contribution in [3.63, 3.8) is 0 Å². The van der Waals surface area contributed by atoms with Crippen molar-refractivity contribution in [2.75, 3.05) is 0 Å². The van der Waals surface area contributed by atoms with E-state index < -0.39 is 0 Å². The zero-order valence-corrected chi connectivity index (χ0v) is 8.66. The van der Waals surface area contributed by atoms with Crippen LogP contribution in [0.15, 0.2) is 23.1 Å². The zero-order valence-electron chi connectivity index (χ0n) is 8.66. The molecular formula is C11H16N2O. The highest BCUT2D eigenvalue weighted by molar-refractivity contribution is 5.27. The second-order valence-corrected chi connectivity index (χ2v) is 4.41. The van der Waals surface area contributed by atoms with Gasteiger partial charge in [0.2, 0.25) is 0 Å². The molecule has 1 aromatic rings. The maximum atomic E-state index is 11.7. The molecule has 0 aromatic carbocycles. The van der Waals surface area contributed by atoms with Crippen molar-refractivity contribution >= 4 is 0 Å². The number of hydrogen-bond donors (Lipinski definition) is 1. The lowest BCUT2D eigenvalue weighted by Crippen LogP contribution is -2.26. The summed E-state index contributed by atoms with van der Waals surface area (Å²) in [6.07, 6.45) is 3.84. The quantitative estimate of drug-likeness (QED) is 0.769. The molecule has 1 aliphatic carbocycles. The minimum Gasteiger partial charge on any atom is -0.321 e. The Morgan fingerprint density at radius 2 is 2.14 bits per heavy atom. The Balaban J connectivity index is 2.41. The van der Waals surface area contributed by atoms with Crippen LogP contribution in [-0.2, 0) is 5.54 Å². The molecule has 0 radical (unpaired) electrons. The second-order valence-electron chi connectivity index (χ2n) is 4.41. The maximum Gasteiger partial charge on any atom is 0.251 e. The van der Waals surface area contributed by atoms with Crippen LogP contribution in [0.3, 0.4) is 0 Å². The van der Waals surface area contributed by atoms with Gasteiger partial charge in [-0.1, -0.05) is 0 Å². The Bertz CT molecular complexity index is 402. The predicted octanol–water partition coefficient (Wildman–Crippen LogP) is 1.38. The van der Waals surface area contributed by atoms with Crippen LogP contribution in [0.1, 0.15) is 38.3 Å². The van der Waals surface area contributed by atoms with E-state index in [1.807, 2.05) is 26.1 Å². The van der Waals surface area contributed by atoms with E-state index in [4.69, 9.17) is 5.73 Å². The van der Waals surface area contributed by atoms with Gasteiger partial charge in [0.05, 0.1) is 0 Å². The SMILES string of the molecule is CC(C)n1ccc(C2(N)CC2)cc1=O. The first-order valence-corrected chi connectivity index (χ1v) is 5.04. The summed E-state index contributed by atoms with van der Waals surface area (Å²) in [5.41, 5.74) is 6.85. The second kappa shape index (κ2) is 2.95. The highest BCUT2D eigenvalue weighted by Gasteiger charge is 2.40. The third-order valence-corrected chi connectivity index (χ3v) is 2.87. The Labute approximate surface area is 83.5 Å². The average Bonchev–Trinajstić information content (AvgIpc) is 2.84. The molecule has 1 fully saturated rings. The zero-order chi connectivity index (χ0) is 10.3. The number of rotatable bonds is 2. The third kappa shape index (κ3) is 1.48. The van der Waals surface area contributed by atoms with Crippen LogP contribution in [0.2, 0.25) is 0 Å². The smallest absolute Gasteiger partial charge is 0.251 e. The van der Waals surface area contributed by atoms with Gasteiger partial charge in [-0.05, 0) is 38.3 Å². The molecule has 3 nitrogen and oxygen atoms in total. The first kappa shape index (κ1) is 9.46. The van der Waals surface area contributed by atoms with Crippen molar-refractivity contribution in [3.8, 4) is 0 Å². The summed E-state index contributed by atoms with van der Waals surface area (Å²) in [7, 11) is 0. The summed E-state index contributed by atoms with van der Waals surface area (Å²) in [5, 5.41) is 0. The molecule has 0 amide bonds. The van der Waals surface area contributed by atoms with Crippen LogP contribution in [0.25, 0.3) is 0 Å². The van der Waals surface area contributed by atoms with Crippen molar-refractivity contribution < 1.29 is 0 Å². The van der Waals surface area contributed by atoms with Crippen LogP contribution in [0, 0.1) is 0 Å². The van der Waals surface area contributed by atoms with Gasteiger partial charge in [0.15, 0.2) is 0 Å². The third-order valence-electron chi connectivity index (χ3n) is 2.87. The van der Waals surface area contributed by atoms with E-state index in [9.17, 15) is 4.79 Å². The minimum absolute atomic E-state index is 0.0502. The Morgan fingerprint density at radius 1 is 1.50 bits per heavy atom. The monoisotopic (exact) mass is 192 g/mol. The van der Waals surface area contributed by atoms with E-state index in [0.29, 0.717) is 0 Å². The summed E-state index contributed by atoms with van der Waals surface area (Å²) in [6, 6.07) is 3.85. The van der Waals surface area contributed by atoms with E-state index in [-0.39, 0.29) is 17.1 Å². The molecule has 3 heteroatoms. The number of nitrogens with two attached hydrogens (primary N) is 1. The molecule has 1 heterocycles. The maximum absolute atomic E-state index is 11.7. The lowest BCUT2D eigenvalue weighted by Gasteiger charge is -2.13. The summed E-state index contributed by atoms with van der Waals surface area (Å²) in [4.78, 5) is 11.7. The molecule has 76 valence electrons. The van der Waals surface area contributed by atoms with E-state index in [1.165, 1.54) is 0 Å². The van der Waals surface area contributed by atoms with Crippen molar-refractivity contribution in [2.45, 2.75) is 38.3 Å². The van der Waals surface area contributed by atoms with Gasteiger partial charge >= 0.3 is 0 Å². The lowest BCUT2D eigenvalue weighted by molar-refractivity contribution is 0.573. The van der Waals surface area contributed by atoms with E-state index in [1.54, 1.807) is 10.6 Å². The molecule has 0 spiro atoms. The van der Waals surface area contributed by atoms with Crippen molar-refractivity contribution in [3.05, 3.63) is 34.2 Å². The molecule has 0 unspecified atom stereocenters. The molecule has 0 saturated heterocycles. The largest absolute Gasteiger partial charge is 0.321 e. The van der Waals surface area contributed by atoms with Crippen LogP contribution < -0.4 is 11.3 Å². The highest BCUT2D eigenvalue weighted by Crippen LogP contribution is 2.41. The number of pyridine rings is 1. The van der Waals surface area contributed by atoms with Gasteiger partial charge in [-0.25, -0.2) is 0 Å². The molecule has 1 aliphatic rings. The molecule has 14 heavy (non-hydrogen) atoms. The van der Waals surface area contributed by atoms with Crippen LogP contribution in [0.4, 0.5) is 0 Å². The van der Waals surface area contributed by atoms with E-state index >= 15 is 0 Å². The fourth-order valence-electron chi connectivity index (χ4n) is 1.65. The van der Waals surface area contributed by atoms with E-state index in [0.717, 1.165) is 18.4 Å². The molecule has 0 bridgehead atoms. The van der Waals surface area contributed by atoms with Gasteiger partial charge in [0.1, 0.15) is 0 Å². The molecule has 1 saturated carbocycles. The van der Waals surface area contributed by atoms with Gasteiger partial charge in [0, 0.05) is 23.8 Å². The fourth-order valence-corrected chi connectivity index (χ4v) is 1.65. The number of hydrogen-bond acceptors (Lipinski definition) is 2. The fraction of sp³-hybridized carbons (Fsp3) is 0.545. The molecular weight excluding hydrogens is 176 g/mol. The molecule has 1 aromatic heterocycles. The van der Waals surface area contributed by atoms with Gasteiger partial charge in [-0.15, -0.1) is 0 Å². The van der Waals surface area contributed by atoms with Gasteiger partial charge in [-0.2, -0.15) is 0 Å². The molecule has 2 N–H and O–H groups in total. The Kier molecular flexibility index (Phi) is 2.00. The first-order chi connectivity index (χ1) is 6.53. The van der Waals surface area contributed by atoms with Gasteiger partial charge in [0.25, 0.3) is 5.56 Å². The summed E-state index contributed by atoms with van der Waals surface area (Å²) >= 11 is 0. The summed E-state index contributed by atoms with van der Waals surface area (Å²) in [6.45, 7) is 3.99. The van der Waals surface area contributed by atoms with Crippen LogP contribution >= 0.6 is 0 Å². The van der Waals surface area contributed by atoms with Crippen LogP contribution in [-0.4, -0.2) is 4.57 Å². The number of nitrogens with zero attached hydrogens (tertiary/aromatic N) is 1. The molecule has 0 atom stereocenters. The van der Waals surface area contributed by atoms with Crippen molar-refractivity contribution in [1.29, 1.82) is 0 Å². The van der Waals surface area contributed by atoms with Crippen molar-refractivity contribution in [2.24, 2.45) is 5.73 Å². The topological polar surface area (TPSA) is 48.0 Å². The molecule has 2 rings (SSSR count). The average molecular weight is 192 g/mol. The summed E-state index contributed by atoms with van der Waals surface area (Å²) < 4.78 is 1.72. The Hall–Kier alpha value is -1.09. The lowest BCUT2D eigenvalue weighted by atomic mass is 10.1. The minimum atomic E-state index is -0.199.